The minimum atomic E-state index is -0.181. The van der Waals surface area contributed by atoms with E-state index >= 15 is 0 Å². The molecular formula is CHNa2O3. The molecule has 0 fully saturated rings. The molecule has 0 N–H and O–H groups in total. The number of hydrogen-bond donors (Lipinski definition) is 0. The van der Waals surface area contributed by atoms with Crippen molar-refractivity contribution in [1.82, 2.24) is 0 Å². The normalized spacial score (nSPS) is 3.50. The Morgan fingerprint density at radius 2 is 1.83 bits per heavy atom. The molecule has 0 rings (SSSR count). The molecule has 0 aliphatic rings. The number of rotatable bonds is 1. The van der Waals surface area contributed by atoms with Gasteiger partial charge in [0.15, 0.2) is 0 Å². The second kappa shape index (κ2) is 16.1. The third-order valence-electron chi connectivity index (χ3n) is 0.0393. The molecule has 0 spiro atoms. The predicted octanol–water partition coefficient (Wildman–Crippen LogP) is -4.94. The molecule has 0 bridgehead atoms. The Hall–Kier alpha value is 1.43. The maximum Gasteiger partial charge on any atom is 1.00 e. The van der Waals surface area contributed by atoms with Crippen LogP contribution in [0.15, 0.2) is 0 Å². The first kappa shape index (κ1) is 15.7. The fourth-order valence-electron chi connectivity index (χ4n) is 0. The van der Waals surface area contributed by atoms with Crippen LogP contribution in [0.4, 0.5) is 0 Å². The van der Waals surface area contributed by atoms with Crippen molar-refractivity contribution in [2.24, 2.45) is 0 Å². The Labute approximate surface area is 79.6 Å². The molecule has 0 unspecified atom stereocenters. The van der Waals surface area contributed by atoms with Crippen molar-refractivity contribution in [3.63, 3.8) is 0 Å². The average Bonchev–Trinajstić information content (AvgIpc) is 1.37. The summed E-state index contributed by atoms with van der Waals surface area (Å²) in [6.45, 7) is -0.181. The van der Waals surface area contributed by atoms with Gasteiger partial charge in [-0.05, 0) is 0 Å². The van der Waals surface area contributed by atoms with Gasteiger partial charge in [0.05, 0.1) is 0 Å². The maximum atomic E-state index is 8.64. The fraction of sp³-hybridized carbons (Fsp3) is 0. The number of hydrogen-bond acceptors (Lipinski definition) is 3. The monoisotopic (exact) mass is 107 g/mol. The van der Waals surface area contributed by atoms with Crippen LogP contribution < -0.4 is 34.8 Å². The molecule has 6 heavy (non-hydrogen) atoms. The van der Waals surface area contributed by atoms with Gasteiger partial charge < -0.3 is 10.1 Å². The first-order valence-corrected chi connectivity index (χ1v) is 0.638. The SMILES string of the molecule is O=CO[O-].[Na+].[Na]. The van der Waals surface area contributed by atoms with Crippen LogP contribution in [0.1, 0.15) is 0 Å². The summed E-state index contributed by atoms with van der Waals surface area (Å²) in [6.07, 6.45) is 0. The third-order valence-corrected chi connectivity index (χ3v) is 0.0393. The molecule has 0 aromatic heterocycles. The smallest absolute Gasteiger partial charge is 0.662 e. The van der Waals surface area contributed by atoms with Gasteiger partial charge >= 0.3 is 29.6 Å². The second-order valence-corrected chi connectivity index (χ2v) is 0.192. The van der Waals surface area contributed by atoms with Crippen LogP contribution >= 0.6 is 0 Å². The summed E-state index contributed by atoms with van der Waals surface area (Å²) in [4.78, 5) is 11.2. The first-order chi connectivity index (χ1) is 1.91. The first-order valence-electron chi connectivity index (χ1n) is 0.638. The zero-order chi connectivity index (χ0) is 3.41. The maximum absolute atomic E-state index is 8.64. The molecule has 1 radical (unpaired) electrons. The van der Waals surface area contributed by atoms with Gasteiger partial charge in [0.25, 0.3) is 6.47 Å². The summed E-state index contributed by atoms with van der Waals surface area (Å²) < 4.78 is 0. The van der Waals surface area contributed by atoms with E-state index in [1.807, 2.05) is 0 Å². The van der Waals surface area contributed by atoms with Crippen molar-refractivity contribution in [3.05, 3.63) is 0 Å². The van der Waals surface area contributed by atoms with Crippen LogP contribution in [0.5, 0.6) is 0 Å². The molecule has 0 aliphatic carbocycles. The largest absolute Gasteiger partial charge is 1.00 e. The zero-order valence-corrected chi connectivity index (χ0v) is 7.80. The van der Waals surface area contributed by atoms with Crippen molar-refractivity contribution in [1.29, 1.82) is 0 Å². The van der Waals surface area contributed by atoms with E-state index in [1.54, 1.807) is 0 Å². The molecule has 0 heterocycles. The van der Waals surface area contributed by atoms with E-state index < -0.39 is 0 Å². The summed E-state index contributed by atoms with van der Waals surface area (Å²) in [5, 5.41) is 8.43. The molecule has 0 saturated heterocycles. The van der Waals surface area contributed by atoms with Crippen LogP contribution in [0.2, 0.25) is 0 Å². The van der Waals surface area contributed by atoms with Gasteiger partial charge in [-0.1, -0.05) is 0 Å². The van der Waals surface area contributed by atoms with Gasteiger partial charge in [0, 0.05) is 29.6 Å². The van der Waals surface area contributed by atoms with Gasteiger partial charge in [0.2, 0.25) is 0 Å². The fourth-order valence-corrected chi connectivity index (χ4v) is 0. The van der Waals surface area contributed by atoms with Crippen molar-refractivity contribution in [2.75, 3.05) is 0 Å². The molecule has 0 amide bonds. The minimum Gasteiger partial charge on any atom is -0.662 e. The molecule has 0 saturated carbocycles. The van der Waals surface area contributed by atoms with Crippen LogP contribution in [-0.2, 0) is 9.68 Å². The van der Waals surface area contributed by atoms with Gasteiger partial charge in [-0.15, -0.1) is 0 Å². The zero-order valence-electron chi connectivity index (χ0n) is 3.80. The van der Waals surface area contributed by atoms with Crippen LogP contribution in [0.25, 0.3) is 0 Å². The summed E-state index contributed by atoms with van der Waals surface area (Å²) in [6, 6.07) is 0. The van der Waals surface area contributed by atoms with Crippen molar-refractivity contribution < 1.29 is 44.5 Å². The Morgan fingerprint density at radius 1 is 1.67 bits per heavy atom. The van der Waals surface area contributed by atoms with E-state index in [4.69, 9.17) is 10.1 Å². The second-order valence-electron chi connectivity index (χ2n) is 0.192. The van der Waals surface area contributed by atoms with Crippen molar-refractivity contribution in [2.45, 2.75) is 0 Å². The van der Waals surface area contributed by atoms with E-state index in [1.165, 1.54) is 0 Å². The Morgan fingerprint density at radius 3 is 1.83 bits per heavy atom. The summed E-state index contributed by atoms with van der Waals surface area (Å²) >= 11 is 0. The van der Waals surface area contributed by atoms with Crippen molar-refractivity contribution >= 4 is 36.0 Å². The number of carbonyl (C=O) groups is 1. The topological polar surface area (TPSA) is 49.4 Å². The van der Waals surface area contributed by atoms with E-state index in [9.17, 15) is 0 Å². The Kier molecular flexibility index (Phi) is 42.0. The standard InChI is InChI=1S/CH2O3.2Na/c2-1-4-3;;/h1,3H;;/q;;+1/p-1. The molecule has 3 nitrogen and oxygen atoms in total. The predicted molar refractivity (Wildman–Crippen MR) is 12.9 cm³/mol. The van der Waals surface area contributed by atoms with E-state index in [-0.39, 0.29) is 65.6 Å². The van der Waals surface area contributed by atoms with Gasteiger partial charge in [-0.25, -0.2) is 0 Å². The van der Waals surface area contributed by atoms with E-state index in [0.717, 1.165) is 0 Å². The summed E-state index contributed by atoms with van der Waals surface area (Å²) in [7, 11) is 0. The molecule has 0 atom stereocenters. The van der Waals surface area contributed by atoms with Gasteiger partial charge in [0.1, 0.15) is 0 Å². The minimum absolute atomic E-state index is 0. The van der Waals surface area contributed by atoms with E-state index in [2.05, 4.69) is 4.89 Å². The molecule has 0 aromatic rings. The summed E-state index contributed by atoms with van der Waals surface area (Å²) in [5.74, 6) is 0. The quantitative estimate of drug-likeness (QED) is 0.146. The van der Waals surface area contributed by atoms with Gasteiger partial charge in [-0.2, -0.15) is 0 Å². The number of carbonyl (C=O) groups excluding carboxylic acids is 1. The molecule has 5 heteroatoms. The average molecular weight is 107 g/mol. The van der Waals surface area contributed by atoms with Crippen LogP contribution in [0.3, 0.4) is 0 Å². The molecular weight excluding hydrogens is 106 g/mol. The Bertz CT molecular complexity index is 22.8. The molecule has 0 aromatic carbocycles. The van der Waals surface area contributed by atoms with Crippen molar-refractivity contribution in [3.8, 4) is 0 Å². The Balaban J connectivity index is -0.0000000450. The molecule has 25 valence electrons. The molecule has 0 aliphatic heterocycles. The van der Waals surface area contributed by atoms with E-state index in [0.29, 0.717) is 0 Å². The van der Waals surface area contributed by atoms with Gasteiger partial charge in [-0.3, -0.25) is 4.79 Å². The van der Waals surface area contributed by atoms with Crippen LogP contribution in [-0.4, -0.2) is 36.0 Å². The summed E-state index contributed by atoms with van der Waals surface area (Å²) in [5.41, 5.74) is 0. The van der Waals surface area contributed by atoms with Crippen LogP contribution in [0, 0.1) is 0 Å². The third kappa shape index (κ3) is 18.0.